The van der Waals surface area contributed by atoms with Crippen molar-refractivity contribution in [1.82, 2.24) is 15.5 Å². The lowest BCUT2D eigenvalue weighted by Crippen LogP contribution is -2.22. The van der Waals surface area contributed by atoms with Gasteiger partial charge < -0.3 is 11.1 Å². The molecule has 0 saturated carbocycles. The highest BCUT2D eigenvalue weighted by atomic mass is 79.9. The number of rotatable bonds is 3. The highest BCUT2D eigenvalue weighted by Crippen LogP contribution is 2.20. The number of nitrogen functional groups attached to an aromatic ring is 1. The minimum atomic E-state index is -0.123. The van der Waals surface area contributed by atoms with E-state index in [0.717, 1.165) is 9.35 Å². The Kier molecular flexibility index (Phi) is 3.25. The molecule has 1 amide bonds. The number of hydrogen-bond donors (Lipinski definition) is 3. The molecule has 0 bridgehead atoms. The van der Waals surface area contributed by atoms with Gasteiger partial charge in [-0.2, -0.15) is 5.10 Å². The number of aromatic nitrogens is 2. The monoisotopic (exact) mass is 300 g/mol. The van der Waals surface area contributed by atoms with E-state index >= 15 is 0 Å². The number of nitrogens with one attached hydrogen (secondary N) is 2. The molecule has 4 N–H and O–H groups in total. The van der Waals surface area contributed by atoms with Crippen molar-refractivity contribution in [3.8, 4) is 0 Å². The van der Waals surface area contributed by atoms with Crippen molar-refractivity contribution in [3.05, 3.63) is 32.6 Å². The van der Waals surface area contributed by atoms with E-state index in [-0.39, 0.29) is 5.91 Å². The zero-order valence-corrected chi connectivity index (χ0v) is 10.6. The Morgan fingerprint density at radius 3 is 3.06 bits per heavy atom. The molecule has 0 aliphatic rings. The van der Waals surface area contributed by atoms with Gasteiger partial charge in [-0.25, -0.2) is 0 Å². The van der Waals surface area contributed by atoms with E-state index in [2.05, 4.69) is 31.4 Å². The van der Waals surface area contributed by atoms with Crippen LogP contribution in [0.5, 0.6) is 0 Å². The summed E-state index contributed by atoms with van der Waals surface area (Å²) in [4.78, 5) is 11.7. The SMILES string of the molecule is Nc1[nH]ncc1CNC(=O)c1csc(Br)c1. The average molecular weight is 301 g/mol. The Labute approximate surface area is 104 Å². The van der Waals surface area contributed by atoms with Crippen LogP contribution in [0.25, 0.3) is 0 Å². The van der Waals surface area contributed by atoms with Gasteiger partial charge in [0.15, 0.2) is 0 Å². The number of aromatic amines is 1. The minimum Gasteiger partial charge on any atom is -0.384 e. The lowest BCUT2D eigenvalue weighted by Gasteiger charge is -2.01. The number of nitrogens with zero attached hydrogens (tertiary/aromatic N) is 1. The molecule has 2 aromatic heterocycles. The van der Waals surface area contributed by atoms with Gasteiger partial charge in [0, 0.05) is 17.5 Å². The van der Waals surface area contributed by atoms with Crippen LogP contribution in [0.15, 0.2) is 21.4 Å². The summed E-state index contributed by atoms with van der Waals surface area (Å²) >= 11 is 4.78. The molecule has 2 heterocycles. The number of H-pyrrole nitrogens is 1. The number of carbonyl (C=O) groups excluding carboxylic acids is 1. The minimum absolute atomic E-state index is 0.123. The van der Waals surface area contributed by atoms with E-state index in [1.807, 2.05) is 0 Å². The van der Waals surface area contributed by atoms with Gasteiger partial charge in [-0.05, 0) is 22.0 Å². The summed E-state index contributed by atoms with van der Waals surface area (Å²) in [6.45, 7) is 0.370. The van der Waals surface area contributed by atoms with Crippen molar-refractivity contribution in [2.45, 2.75) is 6.54 Å². The molecule has 16 heavy (non-hydrogen) atoms. The Morgan fingerprint density at radius 1 is 1.69 bits per heavy atom. The van der Waals surface area contributed by atoms with Gasteiger partial charge in [0.25, 0.3) is 5.91 Å². The first-order valence-electron chi connectivity index (χ1n) is 4.47. The van der Waals surface area contributed by atoms with Crippen LogP contribution in [0.4, 0.5) is 5.82 Å². The Bertz CT molecular complexity index is 507. The number of carbonyl (C=O) groups is 1. The van der Waals surface area contributed by atoms with Crippen LogP contribution in [0.1, 0.15) is 15.9 Å². The van der Waals surface area contributed by atoms with Gasteiger partial charge in [0.2, 0.25) is 0 Å². The topological polar surface area (TPSA) is 83.8 Å². The summed E-state index contributed by atoms with van der Waals surface area (Å²) < 4.78 is 0.931. The van der Waals surface area contributed by atoms with E-state index in [4.69, 9.17) is 5.73 Å². The third-order valence-corrected chi connectivity index (χ3v) is 3.52. The standard InChI is InChI=1S/C9H9BrN4OS/c10-7-1-5(4-16-7)9(15)12-2-6-3-13-14-8(6)11/h1,3-4H,2H2,(H,12,15)(H3,11,13,14). The quantitative estimate of drug-likeness (QED) is 0.807. The molecule has 0 radical (unpaired) electrons. The molecular weight excluding hydrogens is 292 g/mol. The number of amides is 1. The molecule has 0 atom stereocenters. The fraction of sp³-hybridized carbons (Fsp3) is 0.111. The first-order valence-corrected chi connectivity index (χ1v) is 6.14. The summed E-state index contributed by atoms with van der Waals surface area (Å²) in [7, 11) is 0. The van der Waals surface area contributed by atoms with Crippen LogP contribution in [-0.4, -0.2) is 16.1 Å². The van der Waals surface area contributed by atoms with E-state index in [1.165, 1.54) is 11.3 Å². The van der Waals surface area contributed by atoms with E-state index < -0.39 is 0 Å². The second-order valence-corrected chi connectivity index (χ2v) is 5.42. The maximum absolute atomic E-state index is 11.7. The molecule has 0 spiro atoms. The second kappa shape index (κ2) is 4.67. The predicted molar refractivity (Wildman–Crippen MR) is 66.2 cm³/mol. The number of hydrogen-bond acceptors (Lipinski definition) is 4. The van der Waals surface area contributed by atoms with Gasteiger partial charge in [-0.3, -0.25) is 9.89 Å². The molecule has 0 saturated heterocycles. The van der Waals surface area contributed by atoms with Crippen LogP contribution >= 0.6 is 27.3 Å². The Balaban J connectivity index is 1.96. The molecule has 2 aromatic rings. The van der Waals surface area contributed by atoms with Crippen molar-refractivity contribution in [2.24, 2.45) is 0 Å². The lowest BCUT2D eigenvalue weighted by atomic mass is 10.3. The fourth-order valence-electron chi connectivity index (χ4n) is 1.17. The van der Waals surface area contributed by atoms with Gasteiger partial charge in [0.1, 0.15) is 5.82 Å². The molecular formula is C9H9BrN4OS. The fourth-order valence-corrected chi connectivity index (χ4v) is 2.31. The zero-order valence-electron chi connectivity index (χ0n) is 8.16. The highest BCUT2D eigenvalue weighted by Gasteiger charge is 2.08. The number of halogens is 1. The molecule has 0 aromatic carbocycles. The second-order valence-electron chi connectivity index (χ2n) is 3.13. The maximum Gasteiger partial charge on any atom is 0.252 e. The average Bonchev–Trinajstić information content (AvgIpc) is 2.84. The number of thiophene rings is 1. The molecule has 2 rings (SSSR count). The summed E-state index contributed by atoms with van der Waals surface area (Å²) in [6, 6.07) is 1.78. The maximum atomic E-state index is 11.7. The predicted octanol–water partition coefficient (Wildman–Crippen LogP) is 1.75. The molecule has 84 valence electrons. The van der Waals surface area contributed by atoms with E-state index in [0.29, 0.717) is 17.9 Å². The van der Waals surface area contributed by atoms with Gasteiger partial charge in [0.05, 0.1) is 15.5 Å². The van der Waals surface area contributed by atoms with Crippen LogP contribution in [-0.2, 0) is 6.54 Å². The Morgan fingerprint density at radius 2 is 2.50 bits per heavy atom. The highest BCUT2D eigenvalue weighted by molar-refractivity contribution is 9.11. The van der Waals surface area contributed by atoms with Crippen molar-refractivity contribution < 1.29 is 4.79 Å². The van der Waals surface area contributed by atoms with Crippen LogP contribution in [0.3, 0.4) is 0 Å². The zero-order chi connectivity index (χ0) is 11.5. The van der Waals surface area contributed by atoms with Gasteiger partial charge in [-0.15, -0.1) is 11.3 Å². The lowest BCUT2D eigenvalue weighted by molar-refractivity contribution is 0.0951. The molecule has 0 aliphatic heterocycles. The summed E-state index contributed by atoms with van der Waals surface area (Å²) in [5.41, 5.74) is 7.01. The largest absolute Gasteiger partial charge is 0.384 e. The third-order valence-electron chi connectivity index (χ3n) is 2.02. The van der Waals surface area contributed by atoms with Gasteiger partial charge in [-0.1, -0.05) is 0 Å². The molecule has 0 fully saturated rings. The Hall–Kier alpha value is -1.34. The van der Waals surface area contributed by atoms with Crippen molar-refractivity contribution in [1.29, 1.82) is 0 Å². The van der Waals surface area contributed by atoms with Crippen molar-refractivity contribution >= 4 is 39.0 Å². The first-order chi connectivity index (χ1) is 7.66. The normalized spacial score (nSPS) is 10.3. The van der Waals surface area contributed by atoms with E-state index in [9.17, 15) is 4.79 Å². The molecule has 0 unspecified atom stereocenters. The number of anilines is 1. The first kappa shape index (κ1) is 11.2. The smallest absolute Gasteiger partial charge is 0.252 e. The van der Waals surface area contributed by atoms with Crippen molar-refractivity contribution in [2.75, 3.05) is 5.73 Å². The van der Waals surface area contributed by atoms with Crippen LogP contribution in [0.2, 0.25) is 0 Å². The van der Waals surface area contributed by atoms with Crippen LogP contribution < -0.4 is 11.1 Å². The summed E-state index contributed by atoms with van der Waals surface area (Å²) in [5, 5.41) is 10.9. The molecule has 7 heteroatoms. The van der Waals surface area contributed by atoms with Gasteiger partial charge >= 0.3 is 0 Å². The third kappa shape index (κ3) is 2.42. The molecule has 5 nitrogen and oxygen atoms in total. The van der Waals surface area contributed by atoms with Crippen LogP contribution in [0, 0.1) is 0 Å². The number of nitrogens with two attached hydrogens (primary N) is 1. The summed E-state index contributed by atoms with van der Waals surface area (Å²) in [5.74, 6) is 0.356. The summed E-state index contributed by atoms with van der Waals surface area (Å²) in [6.07, 6.45) is 1.60. The van der Waals surface area contributed by atoms with Crippen molar-refractivity contribution in [3.63, 3.8) is 0 Å². The van der Waals surface area contributed by atoms with E-state index in [1.54, 1.807) is 17.6 Å². The molecule has 0 aliphatic carbocycles.